The number of alkyl halides is 1. The van der Waals surface area contributed by atoms with Crippen LogP contribution in [-0.2, 0) is 6.42 Å². The standard InChI is InChI=1S/C6H9ClN2S/c1-5-6(3-2-4-7)10-9-8-5/h2-4H2,1H3. The summed E-state index contributed by atoms with van der Waals surface area (Å²) < 4.78 is 3.82. The maximum absolute atomic E-state index is 5.53. The highest BCUT2D eigenvalue weighted by molar-refractivity contribution is 7.05. The van der Waals surface area contributed by atoms with Crippen molar-refractivity contribution in [1.82, 2.24) is 9.59 Å². The van der Waals surface area contributed by atoms with Gasteiger partial charge in [0.05, 0.1) is 5.69 Å². The van der Waals surface area contributed by atoms with E-state index >= 15 is 0 Å². The quantitative estimate of drug-likeness (QED) is 0.659. The lowest BCUT2D eigenvalue weighted by Gasteiger charge is -1.91. The molecule has 0 saturated carbocycles. The van der Waals surface area contributed by atoms with E-state index in [1.165, 1.54) is 16.4 Å². The van der Waals surface area contributed by atoms with E-state index in [-0.39, 0.29) is 0 Å². The maximum atomic E-state index is 5.53. The normalized spacial score (nSPS) is 10.2. The summed E-state index contributed by atoms with van der Waals surface area (Å²) in [5, 5.41) is 3.89. The highest BCUT2D eigenvalue weighted by Gasteiger charge is 2.00. The van der Waals surface area contributed by atoms with Gasteiger partial charge in [0.25, 0.3) is 0 Å². The molecule has 4 heteroatoms. The van der Waals surface area contributed by atoms with Crippen LogP contribution in [0.5, 0.6) is 0 Å². The summed E-state index contributed by atoms with van der Waals surface area (Å²) in [7, 11) is 0. The predicted octanol–water partition coefficient (Wildman–Crippen LogP) is 2.02. The molecule has 2 nitrogen and oxygen atoms in total. The first kappa shape index (κ1) is 7.95. The number of nitrogens with zero attached hydrogens (tertiary/aromatic N) is 2. The molecule has 0 aliphatic rings. The molecule has 0 amide bonds. The second-order valence-corrected chi connectivity index (χ2v) is 3.29. The van der Waals surface area contributed by atoms with Crippen molar-refractivity contribution >= 4 is 23.1 Å². The fourth-order valence-corrected chi connectivity index (χ4v) is 1.51. The number of aromatic nitrogens is 2. The van der Waals surface area contributed by atoms with Crippen LogP contribution in [0, 0.1) is 6.92 Å². The zero-order valence-electron chi connectivity index (χ0n) is 5.80. The maximum Gasteiger partial charge on any atom is 0.0756 e. The van der Waals surface area contributed by atoms with Crippen molar-refractivity contribution in [2.24, 2.45) is 0 Å². The van der Waals surface area contributed by atoms with Crippen molar-refractivity contribution < 1.29 is 0 Å². The summed E-state index contributed by atoms with van der Waals surface area (Å²) in [5.74, 6) is 0.720. The Morgan fingerprint density at radius 2 is 2.40 bits per heavy atom. The smallest absolute Gasteiger partial charge is 0.0756 e. The number of aryl methyl sites for hydroxylation is 2. The minimum Gasteiger partial charge on any atom is -0.143 e. The second-order valence-electron chi connectivity index (χ2n) is 2.07. The first-order chi connectivity index (χ1) is 4.84. The van der Waals surface area contributed by atoms with Crippen molar-refractivity contribution in [3.8, 4) is 0 Å². The Bertz CT molecular complexity index is 199. The van der Waals surface area contributed by atoms with E-state index in [0.717, 1.165) is 24.4 Å². The Morgan fingerprint density at radius 3 is 2.90 bits per heavy atom. The summed E-state index contributed by atoms with van der Waals surface area (Å²) in [6.45, 7) is 1.98. The van der Waals surface area contributed by atoms with Crippen LogP contribution in [0.3, 0.4) is 0 Å². The monoisotopic (exact) mass is 176 g/mol. The van der Waals surface area contributed by atoms with Crippen LogP contribution in [0.1, 0.15) is 17.0 Å². The third-order valence-corrected chi connectivity index (χ3v) is 2.43. The van der Waals surface area contributed by atoms with Gasteiger partial charge in [-0.15, -0.1) is 16.7 Å². The van der Waals surface area contributed by atoms with Crippen molar-refractivity contribution in [2.45, 2.75) is 19.8 Å². The highest BCUT2D eigenvalue weighted by Crippen LogP contribution is 2.11. The molecule has 0 saturated heterocycles. The molecule has 0 atom stereocenters. The van der Waals surface area contributed by atoms with Crippen LogP contribution < -0.4 is 0 Å². The summed E-state index contributed by atoms with van der Waals surface area (Å²) in [5.41, 5.74) is 1.05. The van der Waals surface area contributed by atoms with Crippen molar-refractivity contribution in [3.05, 3.63) is 10.6 Å². The summed E-state index contributed by atoms with van der Waals surface area (Å²) in [6.07, 6.45) is 2.04. The number of rotatable bonds is 3. The Balaban J connectivity index is 2.49. The van der Waals surface area contributed by atoms with Gasteiger partial charge in [-0.1, -0.05) is 4.49 Å². The van der Waals surface area contributed by atoms with E-state index in [0.29, 0.717) is 0 Å². The van der Waals surface area contributed by atoms with Gasteiger partial charge in [-0.25, -0.2) is 0 Å². The Labute approximate surface area is 69.4 Å². The lowest BCUT2D eigenvalue weighted by Crippen LogP contribution is -1.84. The van der Waals surface area contributed by atoms with Crippen LogP contribution in [0.25, 0.3) is 0 Å². The fraction of sp³-hybridized carbons (Fsp3) is 0.667. The van der Waals surface area contributed by atoms with Gasteiger partial charge in [-0.2, -0.15) is 0 Å². The van der Waals surface area contributed by atoms with E-state index in [4.69, 9.17) is 11.6 Å². The SMILES string of the molecule is Cc1nnsc1CCCCl. The third kappa shape index (κ3) is 1.92. The molecule has 0 aromatic carbocycles. The molecule has 0 N–H and O–H groups in total. The molecule has 10 heavy (non-hydrogen) atoms. The minimum absolute atomic E-state index is 0.720. The number of halogens is 1. The molecule has 1 rings (SSSR count). The van der Waals surface area contributed by atoms with Crippen LogP contribution >= 0.6 is 23.1 Å². The van der Waals surface area contributed by atoms with Gasteiger partial charge in [0, 0.05) is 10.8 Å². The van der Waals surface area contributed by atoms with Gasteiger partial charge in [0.1, 0.15) is 0 Å². The molecule has 1 aromatic rings. The Kier molecular flexibility index (Phi) is 3.09. The van der Waals surface area contributed by atoms with E-state index < -0.39 is 0 Å². The molecule has 0 aliphatic heterocycles. The number of hydrogen-bond donors (Lipinski definition) is 0. The van der Waals surface area contributed by atoms with Crippen molar-refractivity contribution in [2.75, 3.05) is 5.88 Å². The van der Waals surface area contributed by atoms with Crippen LogP contribution in [-0.4, -0.2) is 15.5 Å². The predicted molar refractivity (Wildman–Crippen MR) is 43.7 cm³/mol. The average Bonchev–Trinajstić information content (AvgIpc) is 2.31. The zero-order chi connectivity index (χ0) is 7.40. The topological polar surface area (TPSA) is 25.8 Å². The molecule has 0 aliphatic carbocycles. The molecule has 0 fully saturated rings. The van der Waals surface area contributed by atoms with Crippen molar-refractivity contribution in [3.63, 3.8) is 0 Å². The van der Waals surface area contributed by atoms with E-state index in [9.17, 15) is 0 Å². The molecule has 0 spiro atoms. The molecule has 0 radical (unpaired) electrons. The number of hydrogen-bond acceptors (Lipinski definition) is 3. The van der Waals surface area contributed by atoms with Gasteiger partial charge in [0.2, 0.25) is 0 Å². The largest absolute Gasteiger partial charge is 0.143 e. The molecule has 1 heterocycles. The van der Waals surface area contributed by atoms with Crippen LogP contribution in [0.4, 0.5) is 0 Å². The summed E-state index contributed by atoms with van der Waals surface area (Å²) >= 11 is 7.00. The average molecular weight is 177 g/mol. The van der Waals surface area contributed by atoms with Crippen LogP contribution in [0.2, 0.25) is 0 Å². The first-order valence-electron chi connectivity index (χ1n) is 3.18. The minimum atomic E-state index is 0.720. The fourth-order valence-electron chi connectivity index (χ4n) is 0.707. The zero-order valence-corrected chi connectivity index (χ0v) is 7.37. The molecule has 1 aromatic heterocycles. The van der Waals surface area contributed by atoms with Gasteiger partial charge < -0.3 is 0 Å². The van der Waals surface area contributed by atoms with E-state index in [1.54, 1.807) is 0 Å². The Hall–Kier alpha value is -0.150. The molecule has 0 unspecified atom stereocenters. The van der Waals surface area contributed by atoms with Gasteiger partial charge in [-0.3, -0.25) is 0 Å². The van der Waals surface area contributed by atoms with Gasteiger partial charge in [-0.05, 0) is 31.3 Å². The third-order valence-electron chi connectivity index (χ3n) is 1.28. The second kappa shape index (κ2) is 3.88. The highest BCUT2D eigenvalue weighted by atomic mass is 35.5. The molecular formula is C6H9ClN2S. The summed E-state index contributed by atoms with van der Waals surface area (Å²) in [4.78, 5) is 1.26. The van der Waals surface area contributed by atoms with Crippen molar-refractivity contribution in [1.29, 1.82) is 0 Å². The van der Waals surface area contributed by atoms with Gasteiger partial charge in [0.15, 0.2) is 0 Å². The van der Waals surface area contributed by atoms with Crippen LogP contribution in [0.15, 0.2) is 0 Å². The molecule has 0 bridgehead atoms. The molecule has 56 valence electrons. The lowest BCUT2D eigenvalue weighted by molar-refractivity contribution is 0.927. The molecular weight excluding hydrogens is 168 g/mol. The van der Waals surface area contributed by atoms with E-state index in [2.05, 4.69) is 9.59 Å². The summed E-state index contributed by atoms with van der Waals surface area (Å²) in [6, 6.07) is 0. The van der Waals surface area contributed by atoms with Gasteiger partial charge >= 0.3 is 0 Å². The Morgan fingerprint density at radius 1 is 1.60 bits per heavy atom. The lowest BCUT2D eigenvalue weighted by atomic mass is 10.2. The first-order valence-corrected chi connectivity index (χ1v) is 4.49. The van der Waals surface area contributed by atoms with E-state index in [1.807, 2.05) is 6.92 Å².